The highest BCUT2D eigenvalue weighted by molar-refractivity contribution is 5.74. The lowest BCUT2D eigenvalue weighted by atomic mass is 10.2. The maximum Gasteiger partial charge on any atom is 0.319 e. The van der Waals surface area contributed by atoms with Crippen LogP contribution in [0.2, 0.25) is 0 Å². The fourth-order valence-electron chi connectivity index (χ4n) is 1.41. The molecule has 1 atom stereocenters. The van der Waals surface area contributed by atoms with Gasteiger partial charge in [-0.15, -0.1) is 0 Å². The van der Waals surface area contributed by atoms with Gasteiger partial charge in [0.25, 0.3) is 0 Å². The molecule has 13 heavy (non-hydrogen) atoms. The summed E-state index contributed by atoms with van der Waals surface area (Å²) < 4.78 is 0. The standard InChI is InChI=1S/C8H16N2O3/c1-9-3-2-4-10(8(9)13)5-7(12)6-11/h7,11-12H,2-6H2,1H3. The predicted octanol–water partition coefficient (Wildman–Crippen LogP) is -0.903. The summed E-state index contributed by atoms with van der Waals surface area (Å²) in [6.45, 7) is 1.36. The van der Waals surface area contributed by atoms with Crippen molar-refractivity contribution >= 4 is 6.03 Å². The van der Waals surface area contributed by atoms with Crippen molar-refractivity contribution in [3.63, 3.8) is 0 Å². The SMILES string of the molecule is CN1CCCN(CC(O)CO)C1=O. The van der Waals surface area contributed by atoms with E-state index in [1.165, 1.54) is 0 Å². The minimum atomic E-state index is -0.824. The second-order valence-electron chi connectivity index (χ2n) is 3.34. The molecule has 0 bridgehead atoms. The number of amides is 2. The van der Waals surface area contributed by atoms with Crippen molar-refractivity contribution in [1.82, 2.24) is 9.80 Å². The van der Waals surface area contributed by atoms with Gasteiger partial charge in [-0.3, -0.25) is 0 Å². The Morgan fingerprint density at radius 3 is 2.85 bits per heavy atom. The van der Waals surface area contributed by atoms with Crippen molar-refractivity contribution in [2.75, 3.05) is 33.3 Å². The number of aliphatic hydroxyl groups excluding tert-OH is 2. The first-order chi connectivity index (χ1) is 6.15. The third-order valence-electron chi connectivity index (χ3n) is 2.16. The number of carbonyl (C=O) groups is 1. The van der Waals surface area contributed by atoms with E-state index in [0.29, 0.717) is 6.54 Å². The Morgan fingerprint density at radius 2 is 2.23 bits per heavy atom. The molecule has 2 N–H and O–H groups in total. The van der Waals surface area contributed by atoms with Gasteiger partial charge >= 0.3 is 6.03 Å². The molecule has 1 unspecified atom stereocenters. The summed E-state index contributed by atoms with van der Waals surface area (Å²) in [5.41, 5.74) is 0. The van der Waals surface area contributed by atoms with Crippen LogP contribution in [0.25, 0.3) is 0 Å². The predicted molar refractivity (Wildman–Crippen MR) is 47.3 cm³/mol. The molecule has 0 aromatic carbocycles. The third-order valence-corrected chi connectivity index (χ3v) is 2.16. The first kappa shape index (κ1) is 10.3. The van der Waals surface area contributed by atoms with E-state index in [1.807, 2.05) is 0 Å². The summed E-state index contributed by atoms with van der Waals surface area (Å²) in [7, 11) is 1.74. The van der Waals surface area contributed by atoms with Crippen LogP contribution in [-0.4, -0.2) is 65.4 Å². The Bertz CT molecular complexity index is 186. The Labute approximate surface area is 77.6 Å². The van der Waals surface area contributed by atoms with Gasteiger partial charge in [-0.1, -0.05) is 0 Å². The van der Waals surface area contributed by atoms with Crippen LogP contribution >= 0.6 is 0 Å². The fraction of sp³-hybridized carbons (Fsp3) is 0.875. The molecule has 2 amide bonds. The highest BCUT2D eigenvalue weighted by atomic mass is 16.3. The average Bonchev–Trinajstić information content (AvgIpc) is 2.13. The lowest BCUT2D eigenvalue weighted by molar-refractivity contribution is 0.0551. The van der Waals surface area contributed by atoms with Gasteiger partial charge < -0.3 is 20.0 Å². The minimum Gasteiger partial charge on any atom is -0.394 e. The quantitative estimate of drug-likeness (QED) is 0.603. The number of nitrogens with zero attached hydrogens (tertiary/aromatic N) is 2. The summed E-state index contributed by atoms with van der Waals surface area (Å²) in [6.07, 6.45) is 0.0934. The monoisotopic (exact) mass is 188 g/mol. The summed E-state index contributed by atoms with van der Waals surface area (Å²) >= 11 is 0. The molecule has 1 rings (SSSR count). The van der Waals surface area contributed by atoms with Crippen molar-refractivity contribution in [2.45, 2.75) is 12.5 Å². The zero-order chi connectivity index (χ0) is 9.84. The molecule has 0 aromatic rings. The normalized spacial score (nSPS) is 20.7. The molecule has 0 aliphatic carbocycles. The van der Waals surface area contributed by atoms with E-state index in [9.17, 15) is 4.79 Å². The van der Waals surface area contributed by atoms with Crippen LogP contribution in [-0.2, 0) is 0 Å². The summed E-state index contributed by atoms with van der Waals surface area (Å²) in [5, 5.41) is 17.8. The van der Waals surface area contributed by atoms with Crippen LogP contribution in [0.15, 0.2) is 0 Å². The molecule has 0 saturated carbocycles. The summed E-state index contributed by atoms with van der Waals surface area (Å²) in [5.74, 6) is 0. The molecule has 5 nitrogen and oxygen atoms in total. The largest absolute Gasteiger partial charge is 0.394 e. The van der Waals surface area contributed by atoms with Gasteiger partial charge in [0.2, 0.25) is 0 Å². The van der Waals surface area contributed by atoms with Gasteiger partial charge in [-0.25, -0.2) is 4.79 Å². The Balaban J connectivity index is 2.44. The first-order valence-corrected chi connectivity index (χ1v) is 4.44. The average molecular weight is 188 g/mol. The lowest BCUT2D eigenvalue weighted by Gasteiger charge is -2.34. The van der Waals surface area contributed by atoms with Crippen molar-refractivity contribution in [2.24, 2.45) is 0 Å². The van der Waals surface area contributed by atoms with E-state index < -0.39 is 6.10 Å². The van der Waals surface area contributed by atoms with Gasteiger partial charge in [0.15, 0.2) is 0 Å². The van der Waals surface area contributed by atoms with Gasteiger partial charge in [0.1, 0.15) is 0 Å². The second kappa shape index (κ2) is 4.43. The molecule has 1 aliphatic heterocycles. The molecule has 1 fully saturated rings. The van der Waals surface area contributed by atoms with E-state index >= 15 is 0 Å². The minimum absolute atomic E-state index is 0.0706. The van der Waals surface area contributed by atoms with Gasteiger partial charge in [-0.2, -0.15) is 0 Å². The zero-order valence-corrected chi connectivity index (χ0v) is 7.81. The van der Waals surface area contributed by atoms with E-state index in [0.717, 1.165) is 13.0 Å². The molecule has 0 aromatic heterocycles. The smallest absolute Gasteiger partial charge is 0.319 e. The first-order valence-electron chi connectivity index (χ1n) is 4.44. The Morgan fingerprint density at radius 1 is 1.54 bits per heavy atom. The van der Waals surface area contributed by atoms with Crippen molar-refractivity contribution in [1.29, 1.82) is 0 Å². The van der Waals surface area contributed by atoms with Gasteiger partial charge in [0, 0.05) is 20.1 Å². The summed E-state index contributed by atoms with van der Waals surface area (Å²) in [6, 6.07) is -0.0706. The molecular weight excluding hydrogens is 172 g/mol. The zero-order valence-electron chi connectivity index (χ0n) is 7.81. The molecule has 0 spiro atoms. The van der Waals surface area contributed by atoms with Crippen molar-refractivity contribution in [3.8, 4) is 0 Å². The van der Waals surface area contributed by atoms with E-state index in [4.69, 9.17) is 10.2 Å². The third kappa shape index (κ3) is 2.57. The van der Waals surface area contributed by atoms with Gasteiger partial charge in [-0.05, 0) is 6.42 Å². The lowest BCUT2D eigenvalue weighted by Crippen LogP contribution is -2.50. The number of hydrogen-bond donors (Lipinski definition) is 2. The Hall–Kier alpha value is -0.810. The van der Waals surface area contributed by atoms with Crippen LogP contribution in [0.3, 0.4) is 0 Å². The van der Waals surface area contributed by atoms with E-state index in [2.05, 4.69) is 0 Å². The molecule has 5 heteroatoms. The van der Waals surface area contributed by atoms with Crippen molar-refractivity contribution < 1.29 is 15.0 Å². The fourth-order valence-corrected chi connectivity index (χ4v) is 1.41. The van der Waals surface area contributed by atoms with Crippen LogP contribution in [0.4, 0.5) is 4.79 Å². The maximum absolute atomic E-state index is 11.4. The topological polar surface area (TPSA) is 64.0 Å². The van der Waals surface area contributed by atoms with Crippen molar-refractivity contribution in [3.05, 3.63) is 0 Å². The number of β-amino-alcohol motifs (C(OH)–C–C–N with tert-alkyl or cyclic N) is 1. The molecule has 1 saturated heterocycles. The van der Waals surface area contributed by atoms with E-state index in [-0.39, 0.29) is 19.2 Å². The molecular formula is C8H16N2O3. The van der Waals surface area contributed by atoms with Crippen LogP contribution in [0.5, 0.6) is 0 Å². The number of rotatable bonds is 3. The highest BCUT2D eigenvalue weighted by Crippen LogP contribution is 2.07. The molecule has 1 aliphatic rings. The number of hydrogen-bond acceptors (Lipinski definition) is 3. The maximum atomic E-state index is 11.4. The van der Waals surface area contributed by atoms with Crippen LogP contribution in [0.1, 0.15) is 6.42 Å². The van der Waals surface area contributed by atoms with Gasteiger partial charge in [0.05, 0.1) is 19.3 Å². The second-order valence-corrected chi connectivity index (χ2v) is 3.34. The molecule has 0 radical (unpaired) electrons. The van der Waals surface area contributed by atoms with Crippen LogP contribution < -0.4 is 0 Å². The molecule has 76 valence electrons. The van der Waals surface area contributed by atoms with E-state index in [1.54, 1.807) is 16.8 Å². The summed E-state index contributed by atoms with van der Waals surface area (Å²) in [4.78, 5) is 14.6. The Kier molecular flexibility index (Phi) is 3.50. The van der Waals surface area contributed by atoms with Crippen LogP contribution in [0, 0.1) is 0 Å². The number of carbonyl (C=O) groups excluding carboxylic acids is 1. The number of aliphatic hydroxyl groups is 2. The number of urea groups is 1. The molecule has 1 heterocycles. The highest BCUT2D eigenvalue weighted by Gasteiger charge is 2.23.